The van der Waals surface area contributed by atoms with E-state index in [0.29, 0.717) is 12.0 Å². The third-order valence-electron chi connectivity index (χ3n) is 4.36. The molecule has 1 aromatic carbocycles. The first-order valence-electron chi connectivity index (χ1n) is 8.53. The zero-order valence-corrected chi connectivity index (χ0v) is 14.9. The molecule has 2 atom stereocenters. The van der Waals surface area contributed by atoms with E-state index in [1.165, 1.54) is 12.1 Å². The maximum Gasteiger partial charge on any atom is 0.305 e. The summed E-state index contributed by atoms with van der Waals surface area (Å²) in [6.07, 6.45) is 3.61. The Bertz CT molecular complexity index is 619. The molecule has 1 aliphatic rings. The summed E-state index contributed by atoms with van der Waals surface area (Å²) in [7, 11) is 0. The number of carbonyl (C=O) groups is 2. The lowest BCUT2D eigenvalue weighted by molar-refractivity contribution is -0.140. The van der Waals surface area contributed by atoms with E-state index in [4.69, 9.17) is 21.4 Å². The van der Waals surface area contributed by atoms with Gasteiger partial charge in [0.1, 0.15) is 11.9 Å². The van der Waals surface area contributed by atoms with Crippen molar-refractivity contribution in [3.05, 3.63) is 34.6 Å². The van der Waals surface area contributed by atoms with Crippen LogP contribution in [0.2, 0.25) is 5.02 Å². The summed E-state index contributed by atoms with van der Waals surface area (Å²) < 4.78 is 19.5. The Kier molecular flexibility index (Phi) is 7.20. The van der Waals surface area contributed by atoms with E-state index in [2.05, 4.69) is 5.32 Å². The van der Waals surface area contributed by atoms with Crippen molar-refractivity contribution in [2.45, 2.75) is 63.7 Å². The van der Waals surface area contributed by atoms with Crippen LogP contribution < -0.4 is 5.32 Å². The molecular weight excluding hydrogens is 349 g/mol. The Morgan fingerprint density at radius 1 is 1.40 bits per heavy atom. The van der Waals surface area contributed by atoms with Crippen LogP contribution in [0.25, 0.3) is 0 Å². The van der Waals surface area contributed by atoms with Gasteiger partial charge in [-0.2, -0.15) is 0 Å². The number of carboxylic acid groups (broad SMARTS) is 1. The first-order chi connectivity index (χ1) is 11.9. The average molecular weight is 372 g/mol. The minimum atomic E-state index is -1.09. The second-order valence-electron chi connectivity index (χ2n) is 6.27. The van der Waals surface area contributed by atoms with Gasteiger partial charge in [-0.15, -0.1) is 0 Å². The first-order valence-corrected chi connectivity index (χ1v) is 8.91. The molecule has 138 valence electrons. The van der Waals surface area contributed by atoms with Gasteiger partial charge < -0.3 is 15.2 Å². The van der Waals surface area contributed by atoms with Gasteiger partial charge in [0, 0.05) is 0 Å². The van der Waals surface area contributed by atoms with Gasteiger partial charge in [0.05, 0.1) is 23.6 Å². The number of rotatable bonds is 8. The fourth-order valence-electron chi connectivity index (χ4n) is 3.02. The largest absolute Gasteiger partial charge is 0.481 e. The molecule has 0 spiro atoms. The SMILES string of the molecule is CCC(OC1CCCC1)C(=O)NC(CC(=O)O)c1ccc(Cl)c(F)c1. The van der Waals surface area contributed by atoms with Gasteiger partial charge in [-0.25, -0.2) is 4.39 Å². The highest BCUT2D eigenvalue weighted by Crippen LogP contribution is 2.25. The Hall–Kier alpha value is -1.66. The summed E-state index contributed by atoms with van der Waals surface area (Å²) in [5.41, 5.74) is 0.355. The van der Waals surface area contributed by atoms with E-state index in [0.717, 1.165) is 31.7 Å². The number of amides is 1. The molecule has 1 saturated carbocycles. The van der Waals surface area contributed by atoms with Crippen molar-refractivity contribution in [3.63, 3.8) is 0 Å². The molecule has 7 heteroatoms. The average Bonchev–Trinajstić information content (AvgIpc) is 3.07. The Balaban J connectivity index is 2.09. The maximum atomic E-state index is 13.7. The van der Waals surface area contributed by atoms with Crippen LogP contribution in [-0.4, -0.2) is 29.2 Å². The third kappa shape index (κ3) is 5.68. The zero-order chi connectivity index (χ0) is 18.4. The van der Waals surface area contributed by atoms with Crippen LogP contribution in [0.4, 0.5) is 4.39 Å². The van der Waals surface area contributed by atoms with E-state index >= 15 is 0 Å². The summed E-state index contributed by atoms with van der Waals surface area (Å²) in [5.74, 6) is -2.13. The molecule has 5 nitrogen and oxygen atoms in total. The van der Waals surface area contributed by atoms with Crippen molar-refractivity contribution < 1.29 is 23.8 Å². The summed E-state index contributed by atoms with van der Waals surface area (Å²) in [6.45, 7) is 1.84. The molecule has 0 heterocycles. The van der Waals surface area contributed by atoms with Crippen molar-refractivity contribution in [3.8, 4) is 0 Å². The fraction of sp³-hybridized carbons (Fsp3) is 0.556. The molecule has 25 heavy (non-hydrogen) atoms. The standard InChI is InChI=1S/C18H23ClFNO4/c1-2-16(25-12-5-3-4-6-12)18(24)21-15(10-17(22)23)11-7-8-13(19)14(20)9-11/h7-9,12,15-16H,2-6,10H2,1H3,(H,21,24)(H,22,23). The summed E-state index contributed by atoms with van der Waals surface area (Å²) in [5, 5.41) is 11.7. The molecule has 1 aromatic rings. The van der Waals surface area contributed by atoms with Gasteiger partial charge >= 0.3 is 5.97 Å². The van der Waals surface area contributed by atoms with E-state index in [1.807, 2.05) is 6.92 Å². The van der Waals surface area contributed by atoms with E-state index < -0.39 is 23.9 Å². The quantitative estimate of drug-likeness (QED) is 0.727. The van der Waals surface area contributed by atoms with E-state index in [-0.39, 0.29) is 23.5 Å². The number of ether oxygens (including phenoxy) is 1. The predicted molar refractivity (Wildman–Crippen MR) is 92.0 cm³/mol. The van der Waals surface area contributed by atoms with Crippen LogP contribution >= 0.6 is 11.6 Å². The highest BCUT2D eigenvalue weighted by atomic mass is 35.5. The highest BCUT2D eigenvalue weighted by molar-refractivity contribution is 6.30. The summed E-state index contributed by atoms with van der Waals surface area (Å²) in [6, 6.07) is 3.16. The number of hydrogen-bond acceptors (Lipinski definition) is 3. The van der Waals surface area contributed by atoms with Crippen LogP contribution in [0.3, 0.4) is 0 Å². The number of halogens is 2. The molecule has 0 bridgehead atoms. The summed E-state index contributed by atoms with van der Waals surface area (Å²) >= 11 is 5.67. The van der Waals surface area contributed by atoms with Crippen LogP contribution in [0.5, 0.6) is 0 Å². The molecule has 1 amide bonds. The number of carbonyl (C=O) groups excluding carboxylic acids is 1. The van der Waals surface area contributed by atoms with Crippen LogP contribution in [0.1, 0.15) is 57.1 Å². The molecule has 2 N–H and O–H groups in total. The van der Waals surface area contributed by atoms with E-state index in [1.54, 1.807) is 0 Å². The molecule has 0 aliphatic heterocycles. The lowest BCUT2D eigenvalue weighted by atomic mass is 10.0. The van der Waals surface area contributed by atoms with Gasteiger partial charge in [0.2, 0.25) is 5.91 Å². The lowest BCUT2D eigenvalue weighted by Gasteiger charge is -2.24. The summed E-state index contributed by atoms with van der Waals surface area (Å²) in [4.78, 5) is 23.7. The molecule has 0 aromatic heterocycles. The highest BCUT2D eigenvalue weighted by Gasteiger charge is 2.27. The van der Waals surface area contributed by atoms with Gasteiger partial charge in [0.15, 0.2) is 0 Å². The normalized spacial score (nSPS) is 17.2. The number of nitrogens with one attached hydrogen (secondary N) is 1. The molecule has 0 saturated heterocycles. The van der Waals surface area contributed by atoms with Crippen molar-refractivity contribution >= 4 is 23.5 Å². The zero-order valence-electron chi connectivity index (χ0n) is 14.1. The van der Waals surface area contributed by atoms with Gasteiger partial charge in [-0.3, -0.25) is 9.59 Å². The smallest absolute Gasteiger partial charge is 0.305 e. The van der Waals surface area contributed by atoms with Crippen molar-refractivity contribution in [2.75, 3.05) is 0 Å². The van der Waals surface area contributed by atoms with Crippen molar-refractivity contribution in [1.29, 1.82) is 0 Å². The lowest BCUT2D eigenvalue weighted by Crippen LogP contribution is -2.40. The number of aliphatic carboxylic acids is 1. The topological polar surface area (TPSA) is 75.6 Å². The fourth-order valence-corrected chi connectivity index (χ4v) is 3.14. The van der Waals surface area contributed by atoms with Gasteiger partial charge in [-0.1, -0.05) is 37.4 Å². The Morgan fingerprint density at radius 3 is 2.64 bits per heavy atom. The van der Waals surface area contributed by atoms with E-state index in [9.17, 15) is 14.0 Å². The molecule has 1 aliphatic carbocycles. The molecule has 2 rings (SSSR count). The van der Waals surface area contributed by atoms with Crippen LogP contribution in [-0.2, 0) is 14.3 Å². The maximum absolute atomic E-state index is 13.7. The van der Waals surface area contributed by atoms with Crippen molar-refractivity contribution in [2.24, 2.45) is 0 Å². The number of hydrogen-bond donors (Lipinski definition) is 2. The minimum Gasteiger partial charge on any atom is -0.481 e. The molecule has 2 unspecified atom stereocenters. The second-order valence-corrected chi connectivity index (χ2v) is 6.68. The van der Waals surface area contributed by atoms with Gasteiger partial charge in [0.25, 0.3) is 0 Å². The van der Waals surface area contributed by atoms with Crippen LogP contribution in [0, 0.1) is 5.82 Å². The Morgan fingerprint density at radius 2 is 2.08 bits per heavy atom. The van der Waals surface area contributed by atoms with Crippen molar-refractivity contribution in [1.82, 2.24) is 5.32 Å². The van der Waals surface area contributed by atoms with Crippen LogP contribution in [0.15, 0.2) is 18.2 Å². The second kappa shape index (κ2) is 9.15. The number of carboxylic acids is 1. The number of benzene rings is 1. The predicted octanol–water partition coefficient (Wildman–Crippen LogP) is 3.85. The molecule has 0 radical (unpaired) electrons. The first kappa shape index (κ1) is 19.7. The van der Waals surface area contributed by atoms with Gasteiger partial charge in [-0.05, 0) is 37.0 Å². The monoisotopic (exact) mass is 371 g/mol. The molecule has 1 fully saturated rings. The molecular formula is C18H23ClFNO4. The minimum absolute atomic E-state index is 0.0554. The third-order valence-corrected chi connectivity index (χ3v) is 4.67. The Labute approximate surface area is 151 Å².